The third-order valence-electron chi connectivity index (χ3n) is 4.54. The molecule has 0 aromatic heterocycles. The van der Waals surface area contributed by atoms with E-state index in [1.54, 1.807) is 24.0 Å². The number of phenolic OH excluding ortho intramolecular Hbond substituents is 1. The van der Waals surface area contributed by atoms with Crippen molar-refractivity contribution in [2.45, 2.75) is 13.0 Å². The summed E-state index contributed by atoms with van der Waals surface area (Å²) in [7, 11) is 0. The number of nitrogens with zero attached hydrogens (tertiary/aromatic N) is 2. The zero-order valence-corrected chi connectivity index (χ0v) is 15.3. The standard InChI is InChI=1S/C20H24N4O3/c1-15(19(26)22-16-6-5-9-18(25)14-16)21-20(27)24-12-10-23(11-13-24)17-7-3-2-4-8-17/h2-9,14-15,25H,10-13H2,1H3,(H,21,27)(H,22,26). The van der Waals surface area contributed by atoms with E-state index in [0.29, 0.717) is 18.8 Å². The zero-order chi connectivity index (χ0) is 19.2. The zero-order valence-electron chi connectivity index (χ0n) is 15.3. The molecule has 1 heterocycles. The number of rotatable bonds is 4. The van der Waals surface area contributed by atoms with E-state index >= 15 is 0 Å². The number of aromatic hydroxyl groups is 1. The van der Waals surface area contributed by atoms with Crippen LogP contribution in [-0.2, 0) is 4.79 Å². The monoisotopic (exact) mass is 368 g/mol. The smallest absolute Gasteiger partial charge is 0.318 e. The maximum Gasteiger partial charge on any atom is 0.318 e. The van der Waals surface area contributed by atoms with Crippen LogP contribution in [0.1, 0.15) is 6.92 Å². The minimum atomic E-state index is -0.688. The molecule has 7 heteroatoms. The molecule has 2 aromatic carbocycles. The average molecular weight is 368 g/mol. The van der Waals surface area contributed by atoms with Crippen LogP contribution in [-0.4, -0.2) is 54.2 Å². The highest BCUT2D eigenvalue weighted by molar-refractivity contribution is 5.96. The minimum absolute atomic E-state index is 0.0702. The van der Waals surface area contributed by atoms with Crippen LogP contribution >= 0.6 is 0 Å². The molecule has 1 aliphatic rings. The number of amides is 3. The number of urea groups is 1. The van der Waals surface area contributed by atoms with Gasteiger partial charge in [-0.2, -0.15) is 0 Å². The summed E-state index contributed by atoms with van der Waals surface area (Å²) in [5.74, 6) is -0.266. The second-order valence-electron chi connectivity index (χ2n) is 6.52. The van der Waals surface area contributed by atoms with E-state index in [1.807, 2.05) is 18.2 Å². The molecule has 0 aliphatic carbocycles. The minimum Gasteiger partial charge on any atom is -0.508 e. The Hall–Kier alpha value is -3.22. The normalized spacial score (nSPS) is 15.1. The fraction of sp³-hybridized carbons (Fsp3) is 0.300. The maximum atomic E-state index is 12.4. The molecule has 1 aliphatic heterocycles. The van der Waals surface area contributed by atoms with Gasteiger partial charge in [-0.15, -0.1) is 0 Å². The van der Waals surface area contributed by atoms with Gasteiger partial charge in [-0.25, -0.2) is 4.79 Å². The maximum absolute atomic E-state index is 12.4. The molecule has 27 heavy (non-hydrogen) atoms. The molecule has 1 unspecified atom stereocenters. The van der Waals surface area contributed by atoms with Gasteiger partial charge in [0.25, 0.3) is 0 Å². The second kappa shape index (κ2) is 8.44. The highest BCUT2D eigenvalue weighted by atomic mass is 16.3. The molecular weight excluding hydrogens is 344 g/mol. The average Bonchev–Trinajstić information content (AvgIpc) is 2.68. The topological polar surface area (TPSA) is 84.9 Å². The van der Waals surface area contributed by atoms with E-state index in [2.05, 4.69) is 27.7 Å². The number of hydrogen-bond acceptors (Lipinski definition) is 4. The van der Waals surface area contributed by atoms with Gasteiger partial charge < -0.3 is 25.5 Å². The highest BCUT2D eigenvalue weighted by Crippen LogP contribution is 2.16. The first-order chi connectivity index (χ1) is 13.0. The fourth-order valence-electron chi connectivity index (χ4n) is 2.98. The van der Waals surface area contributed by atoms with Crippen molar-refractivity contribution in [1.82, 2.24) is 10.2 Å². The molecule has 1 fully saturated rings. The third-order valence-corrected chi connectivity index (χ3v) is 4.54. The number of para-hydroxylation sites is 1. The summed E-state index contributed by atoms with van der Waals surface area (Å²) in [5.41, 5.74) is 1.63. The summed E-state index contributed by atoms with van der Waals surface area (Å²) in [4.78, 5) is 28.6. The molecule has 1 saturated heterocycles. The quantitative estimate of drug-likeness (QED) is 0.773. The predicted molar refractivity (Wildman–Crippen MR) is 105 cm³/mol. The summed E-state index contributed by atoms with van der Waals surface area (Å²) in [6, 6.07) is 15.5. The van der Waals surface area contributed by atoms with Crippen LogP contribution in [0.3, 0.4) is 0 Å². The molecule has 1 atom stereocenters. The van der Waals surface area contributed by atoms with Crippen molar-refractivity contribution in [3.05, 3.63) is 54.6 Å². The third kappa shape index (κ3) is 4.91. The van der Waals surface area contributed by atoms with Gasteiger partial charge in [0.15, 0.2) is 0 Å². The lowest BCUT2D eigenvalue weighted by molar-refractivity contribution is -0.117. The first-order valence-electron chi connectivity index (χ1n) is 8.98. The summed E-state index contributed by atoms with van der Waals surface area (Å²) < 4.78 is 0. The van der Waals surface area contributed by atoms with Gasteiger partial charge in [-0.1, -0.05) is 24.3 Å². The van der Waals surface area contributed by atoms with Crippen LogP contribution in [0, 0.1) is 0 Å². The molecule has 3 N–H and O–H groups in total. The number of carbonyl (C=O) groups excluding carboxylic acids is 2. The van der Waals surface area contributed by atoms with Crippen LogP contribution in [0.15, 0.2) is 54.6 Å². The Morgan fingerprint density at radius 3 is 2.37 bits per heavy atom. The van der Waals surface area contributed by atoms with Crippen LogP contribution in [0.25, 0.3) is 0 Å². The van der Waals surface area contributed by atoms with Crippen molar-refractivity contribution >= 4 is 23.3 Å². The SMILES string of the molecule is CC(NC(=O)N1CCN(c2ccccc2)CC1)C(=O)Nc1cccc(O)c1. The molecular formula is C20H24N4O3. The van der Waals surface area contributed by atoms with Gasteiger partial charge in [0, 0.05) is 43.6 Å². The Morgan fingerprint density at radius 2 is 1.70 bits per heavy atom. The van der Waals surface area contributed by atoms with Crippen molar-refractivity contribution in [2.75, 3.05) is 36.4 Å². The lowest BCUT2D eigenvalue weighted by Crippen LogP contribution is -2.54. The fourth-order valence-corrected chi connectivity index (χ4v) is 2.98. The molecule has 0 spiro atoms. The van der Waals surface area contributed by atoms with Crippen LogP contribution in [0.4, 0.5) is 16.2 Å². The van der Waals surface area contributed by atoms with Gasteiger partial charge in [-0.3, -0.25) is 4.79 Å². The molecule has 3 amide bonds. The second-order valence-corrected chi connectivity index (χ2v) is 6.52. The first kappa shape index (κ1) is 18.6. The van der Waals surface area contributed by atoms with E-state index < -0.39 is 6.04 Å². The van der Waals surface area contributed by atoms with Crippen LogP contribution in [0.5, 0.6) is 5.75 Å². The number of carbonyl (C=O) groups is 2. The molecule has 0 saturated carbocycles. The number of nitrogens with one attached hydrogen (secondary N) is 2. The van der Waals surface area contributed by atoms with Crippen LogP contribution in [0.2, 0.25) is 0 Å². The Kier molecular flexibility index (Phi) is 5.80. The Morgan fingerprint density at radius 1 is 1.00 bits per heavy atom. The molecule has 2 aromatic rings. The van der Waals surface area contributed by atoms with Gasteiger partial charge in [0.2, 0.25) is 5.91 Å². The predicted octanol–water partition coefficient (Wildman–Crippen LogP) is 2.25. The Balaban J connectivity index is 1.48. The van der Waals surface area contributed by atoms with E-state index in [9.17, 15) is 14.7 Å². The van der Waals surface area contributed by atoms with Crippen molar-refractivity contribution in [3.63, 3.8) is 0 Å². The molecule has 3 rings (SSSR count). The van der Waals surface area contributed by atoms with Crippen molar-refractivity contribution in [2.24, 2.45) is 0 Å². The first-order valence-corrected chi connectivity index (χ1v) is 8.98. The van der Waals surface area contributed by atoms with E-state index in [0.717, 1.165) is 18.8 Å². The number of hydrogen-bond donors (Lipinski definition) is 3. The van der Waals surface area contributed by atoms with Crippen molar-refractivity contribution < 1.29 is 14.7 Å². The van der Waals surface area contributed by atoms with Gasteiger partial charge in [-0.05, 0) is 31.2 Å². The molecule has 142 valence electrons. The van der Waals surface area contributed by atoms with Gasteiger partial charge in [0.1, 0.15) is 11.8 Å². The van der Waals surface area contributed by atoms with Crippen LogP contribution < -0.4 is 15.5 Å². The molecule has 0 radical (unpaired) electrons. The highest BCUT2D eigenvalue weighted by Gasteiger charge is 2.24. The molecule has 0 bridgehead atoms. The summed E-state index contributed by atoms with van der Waals surface area (Å²) in [5, 5.41) is 14.9. The van der Waals surface area contributed by atoms with Crippen molar-refractivity contribution in [1.29, 1.82) is 0 Å². The Labute approximate surface area is 158 Å². The largest absolute Gasteiger partial charge is 0.508 e. The van der Waals surface area contributed by atoms with Crippen molar-refractivity contribution in [3.8, 4) is 5.75 Å². The van der Waals surface area contributed by atoms with E-state index in [1.165, 1.54) is 12.1 Å². The molecule has 7 nitrogen and oxygen atoms in total. The number of phenols is 1. The summed E-state index contributed by atoms with van der Waals surface area (Å²) in [6.07, 6.45) is 0. The summed E-state index contributed by atoms with van der Waals surface area (Å²) in [6.45, 7) is 4.34. The number of anilines is 2. The van der Waals surface area contributed by atoms with E-state index in [-0.39, 0.29) is 17.7 Å². The van der Waals surface area contributed by atoms with Gasteiger partial charge >= 0.3 is 6.03 Å². The lowest BCUT2D eigenvalue weighted by atomic mass is 10.2. The number of piperazine rings is 1. The lowest BCUT2D eigenvalue weighted by Gasteiger charge is -2.36. The number of benzene rings is 2. The summed E-state index contributed by atoms with van der Waals surface area (Å²) >= 11 is 0. The Bertz CT molecular complexity index is 789. The van der Waals surface area contributed by atoms with E-state index in [4.69, 9.17) is 0 Å². The van der Waals surface area contributed by atoms with Gasteiger partial charge in [0.05, 0.1) is 0 Å².